The molecule has 0 saturated heterocycles. The van der Waals surface area contributed by atoms with Gasteiger partial charge in [0.2, 0.25) is 0 Å². The monoisotopic (exact) mass is 379 g/mol. The summed E-state index contributed by atoms with van der Waals surface area (Å²) in [7, 11) is 2.12. The molecule has 0 radical (unpaired) electrons. The van der Waals surface area contributed by atoms with E-state index in [9.17, 15) is 0 Å². The molecule has 1 unspecified atom stereocenters. The Morgan fingerprint density at radius 2 is 1.86 bits per heavy atom. The van der Waals surface area contributed by atoms with Crippen LogP contribution >= 0.6 is 0 Å². The van der Waals surface area contributed by atoms with Crippen molar-refractivity contribution in [3.05, 3.63) is 83.6 Å². The molecule has 2 aromatic carbocycles. The lowest BCUT2D eigenvalue weighted by atomic mass is 10.1. The largest absolute Gasteiger partial charge is 0.345 e. The normalized spacial score (nSPS) is 16.6. The first-order valence-electron chi connectivity index (χ1n) is 9.64. The fourth-order valence-corrected chi connectivity index (χ4v) is 3.77. The summed E-state index contributed by atoms with van der Waals surface area (Å²) in [5, 5.41) is 0. The molecule has 4 aromatic rings. The third kappa shape index (κ3) is 3.46. The van der Waals surface area contributed by atoms with Gasteiger partial charge in [0.05, 0.1) is 35.3 Å². The van der Waals surface area contributed by atoms with Crippen LogP contribution in [-0.2, 0) is 0 Å². The molecule has 2 N–H and O–H groups in total. The topological polar surface area (TPSA) is 60.6 Å². The van der Waals surface area contributed by atoms with Crippen molar-refractivity contribution in [2.45, 2.75) is 13.0 Å². The first kappa shape index (κ1) is 17.5. The van der Waals surface area contributed by atoms with Crippen LogP contribution in [0, 0.1) is 11.8 Å². The second-order valence-electron chi connectivity index (χ2n) is 7.52. The standard InChI is InChI=1S/C24H21N5/c1-16-11-23(29(2)14-16)24-27-20-10-7-18(12-21(20)28-24)4-3-17-5-8-19(9-6-17)22-13-25-15-26-22/h5-13,15,23H,14H2,1-2H3,(H,25,26)(H,27,28). The molecule has 3 heterocycles. The van der Waals surface area contributed by atoms with E-state index in [-0.39, 0.29) is 6.04 Å². The molecule has 29 heavy (non-hydrogen) atoms. The Kier molecular flexibility index (Phi) is 4.27. The van der Waals surface area contributed by atoms with Gasteiger partial charge in [-0.2, -0.15) is 0 Å². The number of hydrogen-bond donors (Lipinski definition) is 2. The number of H-pyrrole nitrogens is 2. The molecule has 2 aromatic heterocycles. The lowest BCUT2D eigenvalue weighted by Crippen LogP contribution is -2.19. The molecule has 5 rings (SSSR count). The summed E-state index contributed by atoms with van der Waals surface area (Å²) in [4.78, 5) is 17.7. The van der Waals surface area contributed by atoms with E-state index in [4.69, 9.17) is 4.98 Å². The van der Waals surface area contributed by atoms with Gasteiger partial charge in [-0.1, -0.05) is 35.6 Å². The SMILES string of the molecule is CC1=CC(c2nc3ccc(C#Cc4ccc(-c5cnc[nH]5)cc4)cc3[nH]2)N(C)C1. The Bertz CT molecular complexity index is 1250. The summed E-state index contributed by atoms with van der Waals surface area (Å²) in [6.45, 7) is 3.14. The summed E-state index contributed by atoms with van der Waals surface area (Å²) < 4.78 is 0. The van der Waals surface area contributed by atoms with Crippen LogP contribution in [0.2, 0.25) is 0 Å². The average molecular weight is 379 g/mol. The van der Waals surface area contributed by atoms with E-state index in [0.717, 1.165) is 45.8 Å². The quantitative estimate of drug-likeness (QED) is 0.404. The smallest absolute Gasteiger partial charge is 0.128 e. The second kappa shape index (κ2) is 7.08. The Labute approximate surface area is 169 Å². The fraction of sp³-hybridized carbons (Fsp3) is 0.167. The van der Waals surface area contributed by atoms with Crippen molar-refractivity contribution in [2.75, 3.05) is 13.6 Å². The van der Waals surface area contributed by atoms with Gasteiger partial charge in [0, 0.05) is 17.7 Å². The van der Waals surface area contributed by atoms with Gasteiger partial charge in [-0.3, -0.25) is 4.90 Å². The molecular weight excluding hydrogens is 358 g/mol. The second-order valence-corrected chi connectivity index (χ2v) is 7.52. The van der Waals surface area contributed by atoms with Crippen LogP contribution in [0.15, 0.2) is 66.6 Å². The Morgan fingerprint density at radius 3 is 2.59 bits per heavy atom. The number of likely N-dealkylation sites (N-methyl/N-ethyl adjacent to an activating group) is 1. The maximum absolute atomic E-state index is 4.77. The van der Waals surface area contributed by atoms with Crippen molar-refractivity contribution in [1.29, 1.82) is 0 Å². The maximum atomic E-state index is 4.77. The van der Waals surface area contributed by atoms with Crippen molar-refractivity contribution in [3.63, 3.8) is 0 Å². The summed E-state index contributed by atoms with van der Waals surface area (Å²) in [5.41, 5.74) is 7.42. The molecule has 142 valence electrons. The molecular formula is C24H21N5. The molecule has 0 bridgehead atoms. The predicted molar refractivity (Wildman–Crippen MR) is 115 cm³/mol. The number of nitrogens with zero attached hydrogens (tertiary/aromatic N) is 3. The van der Waals surface area contributed by atoms with E-state index in [2.05, 4.69) is 69.9 Å². The first-order chi connectivity index (χ1) is 14.2. The van der Waals surface area contributed by atoms with Crippen LogP contribution < -0.4 is 0 Å². The van der Waals surface area contributed by atoms with Gasteiger partial charge in [-0.15, -0.1) is 0 Å². The van der Waals surface area contributed by atoms with Crippen LogP contribution in [0.5, 0.6) is 0 Å². The van der Waals surface area contributed by atoms with Crippen LogP contribution in [0.25, 0.3) is 22.3 Å². The zero-order valence-electron chi connectivity index (χ0n) is 16.4. The number of fused-ring (bicyclic) bond motifs is 1. The molecule has 5 heteroatoms. The number of benzene rings is 2. The molecule has 1 aliphatic heterocycles. The van der Waals surface area contributed by atoms with Crippen LogP contribution in [0.1, 0.15) is 29.9 Å². The number of rotatable bonds is 2. The van der Waals surface area contributed by atoms with Gasteiger partial charge in [0.25, 0.3) is 0 Å². The lowest BCUT2D eigenvalue weighted by Gasteiger charge is -2.16. The summed E-state index contributed by atoms with van der Waals surface area (Å²) >= 11 is 0. The molecule has 0 saturated carbocycles. The molecule has 1 aliphatic rings. The summed E-state index contributed by atoms with van der Waals surface area (Å²) in [5.74, 6) is 7.49. The number of hydrogen-bond acceptors (Lipinski definition) is 3. The van der Waals surface area contributed by atoms with Crippen molar-refractivity contribution in [2.24, 2.45) is 0 Å². The highest BCUT2D eigenvalue weighted by Crippen LogP contribution is 2.28. The Balaban J connectivity index is 1.39. The zero-order valence-corrected chi connectivity index (χ0v) is 16.4. The van der Waals surface area contributed by atoms with Gasteiger partial charge in [0.1, 0.15) is 5.82 Å². The molecule has 5 nitrogen and oxygen atoms in total. The minimum atomic E-state index is 0.213. The lowest BCUT2D eigenvalue weighted by molar-refractivity contribution is 0.327. The van der Waals surface area contributed by atoms with Gasteiger partial charge < -0.3 is 9.97 Å². The van der Waals surface area contributed by atoms with Gasteiger partial charge in [-0.05, 0) is 49.9 Å². The minimum absolute atomic E-state index is 0.213. The van der Waals surface area contributed by atoms with Crippen molar-refractivity contribution in [1.82, 2.24) is 24.8 Å². The van der Waals surface area contributed by atoms with Gasteiger partial charge in [-0.25, -0.2) is 9.97 Å². The van der Waals surface area contributed by atoms with Gasteiger partial charge in [0.15, 0.2) is 0 Å². The highest BCUT2D eigenvalue weighted by Gasteiger charge is 2.23. The van der Waals surface area contributed by atoms with E-state index >= 15 is 0 Å². The van der Waals surface area contributed by atoms with Crippen molar-refractivity contribution < 1.29 is 0 Å². The summed E-state index contributed by atoms with van der Waals surface area (Å²) in [6.07, 6.45) is 5.77. The Hall–Kier alpha value is -3.62. The predicted octanol–water partition coefficient (Wildman–Crippen LogP) is 4.29. The first-order valence-corrected chi connectivity index (χ1v) is 9.64. The summed E-state index contributed by atoms with van der Waals surface area (Å²) in [6, 6.07) is 14.5. The highest BCUT2D eigenvalue weighted by molar-refractivity contribution is 5.77. The van der Waals surface area contributed by atoms with E-state index in [1.807, 2.05) is 30.5 Å². The van der Waals surface area contributed by atoms with Crippen molar-refractivity contribution in [3.8, 4) is 23.1 Å². The molecule has 0 aliphatic carbocycles. The molecule has 0 amide bonds. The molecule has 1 atom stereocenters. The Morgan fingerprint density at radius 1 is 1.07 bits per heavy atom. The highest BCUT2D eigenvalue weighted by atomic mass is 15.2. The number of imidazole rings is 2. The van der Waals surface area contributed by atoms with E-state index in [1.165, 1.54) is 5.57 Å². The molecule has 0 spiro atoms. The minimum Gasteiger partial charge on any atom is -0.345 e. The maximum Gasteiger partial charge on any atom is 0.128 e. The third-order valence-electron chi connectivity index (χ3n) is 5.24. The van der Waals surface area contributed by atoms with E-state index in [1.54, 1.807) is 6.33 Å². The number of aromatic nitrogens is 4. The van der Waals surface area contributed by atoms with Crippen LogP contribution in [0.4, 0.5) is 0 Å². The zero-order chi connectivity index (χ0) is 19.8. The number of nitrogens with one attached hydrogen (secondary N) is 2. The van der Waals surface area contributed by atoms with Crippen molar-refractivity contribution >= 4 is 11.0 Å². The van der Waals surface area contributed by atoms with Gasteiger partial charge >= 0.3 is 0 Å². The average Bonchev–Trinajstić information content (AvgIpc) is 3.46. The number of aromatic amines is 2. The van der Waals surface area contributed by atoms with Crippen LogP contribution in [-0.4, -0.2) is 38.4 Å². The van der Waals surface area contributed by atoms with E-state index < -0.39 is 0 Å². The van der Waals surface area contributed by atoms with E-state index in [0.29, 0.717) is 0 Å². The van der Waals surface area contributed by atoms with Crippen LogP contribution in [0.3, 0.4) is 0 Å². The molecule has 0 fully saturated rings. The fourth-order valence-electron chi connectivity index (χ4n) is 3.77. The third-order valence-corrected chi connectivity index (χ3v) is 5.24.